The Bertz CT molecular complexity index is 279. The number of imidazole rings is 1. The summed E-state index contributed by atoms with van der Waals surface area (Å²) in [6, 6.07) is 0.778. The highest BCUT2D eigenvalue weighted by atomic mass is 15.0. The van der Waals surface area contributed by atoms with E-state index in [0.29, 0.717) is 0 Å². The van der Waals surface area contributed by atoms with Gasteiger partial charge in [0.05, 0.1) is 0 Å². The lowest BCUT2D eigenvalue weighted by atomic mass is 10.4. The first-order chi connectivity index (χ1) is 6.27. The van der Waals surface area contributed by atoms with E-state index in [1.165, 1.54) is 12.2 Å². The van der Waals surface area contributed by atoms with Crippen LogP contribution in [0.4, 0.5) is 0 Å². The number of hydrogen-bond acceptors (Lipinski definition) is 2. The van der Waals surface area contributed by atoms with Crippen LogP contribution >= 0.6 is 0 Å². The van der Waals surface area contributed by atoms with Crippen LogP contribution in [0.25, 0.3) is 0 Å². The van der Waals surface area contributed by atoms with Crippen molar-refractivity contribution in [3.63, 3.8) is 0 Å². The number of rotatable bonds is 4. The predicted octanol–water partition coefficient (Wildman–Crippen LogP) is 0.961. The summed E-state index contributed by atoms with van der Waals surface area (Å²) in [4.78, 5) is 4.28. The fourth-order valence-corrected chi connectivity index (χ4v) is 1.61. The third-order valence-corrected chi connectivity index (χ3v) is 2.79. The molecule has 1 saturated carbocycles. The first kappa shape index (κ1) is 8.75. The van der Waals surface area contributed by atoms with Gasteiger partial charge in [-0.05, 0) is 12.3 Å². The van der Waals surface area contributed by atoms with Crippen molar-refractivity contribution in [3.05, 3.63) is 18.2 Å². The maximum atomic E-state index is 4.28. The molecule has 1 aliphatic rings. The lowest BCUT2D eigenvalue weighted by molar-refractivity contribution is 0.628. The first-order valence-corrected chi connectivity index (χ1v) is 4.97. The SMILES string of the molecule is CC1CC1NCCc1nccn1C. The molecule has 1 fully saturated rings. The molecule has 0 radical (unpaired) electrons. The second-order valence-electron chi connectivity index (χ2n) is 3.98. The zero-order valence-electron chi connectivity index (χ0n) is 8.33. The molecule has 0 saturated heterocycles. The summed E-state index contributed by atoms with van der Waals surface area (Å²) in [5.74, 6) is 2.06. The molecular weight excluding hydrogens is 162 g/mol. The minimum Gasteiger partial charge on any atom is -0.338 e. The van der Waals surface area contributed by atoms with Crippen LogP contribution in [0.2, 0.25) is 0 Å². The van der Waals surface area contributed by atoms with Crippen molar-refractivity contribution in [2.75, 3.05) is 6.54 Å². The van der Waals surface area contributed by atoms with Crippen molar-refractivity contribution in [3.8, 4) is 0 Å². The van der Waals surface area contributed by atoms with Gasteiger partial charge in [0, 0.05) is 38.4 Å². The van der Waals surface area contributed by atoms with Gasteiger partial charge in [-0.25, -0.2) is 4.98 Å². The summed E-state index contributed by atoms with van der Waals surface area (Å²) >= 11 is 0. The van der Waals surface area contributed by atoms with E-state index >= 15 is 0 Å². The molecule has 0 bridgehead atoms. The third-order valence-electron chi connectivity index (χ3n) is 2.79. The third kappa shape index (κ3) is 2.10. The smallest absolute Gasteiger partial charge is 0.109 e. The average Bonchev–Trinajstić information content (AvgIpc) is 2.63. The number of hydrogen-bond donors (Lipinski definition) is 1. The van der Waals surface area contributed by atoms with E-state index < -0.39 is 0 Å². The van der Waals surface area contributed by atoms with E-state index in [-0.39, 0.29) is 0 Å². The molecule has 0 aromatic carbocycles. The minimum absolute atomic E-state index is 0.778. The Balaban J connectivity index is 1.71. The van der Waals surface area contributed by atoms with E-state index in [4.69, 9.17) is 0 Å². The van der Waals surface area contributed by atoms with Crippen LogP contribution in [0, 0.1) is 5.92 Å². The number of nitrogens with one attached hydrogen (secondary N) is 1. The summed E-state index contributed by atoms with van der Waals surface area (Å²) < 4.78 is 2.08. The van der Waals surface area contributed by atoms with Crippen molar-refractivity contribution < 1.29 is 0 Å². The molecule has 1 heterocycles. The second-order valence-corrected chi connectivity index (χ2v) is 3.98. The fourth-order valence-electron chi connectivity index (χ4n) is 1.61. The zero-order valence-corrected chi connectivity index (χ0v) is 8.33. The molecule has 0 amide bonds. The molecule has 2 rings (SSSR count). The van der Waals surface area contributed by atoms with Crippen LogP contribution in [-0.2, 0) is 13.5 Å². The van der Waals surface area contributed by atoms with Crippen LogP contribution in [-0.4, -0.2) is 22.1 Å². The van der Waals surface area contributed by atoms with Gasteiger partial charge in [0.2, 0.25) is 0 Å². The lowest BCUT2D eigenvalue weighted by Gasteiger charge is -2.03. The maximum Gasteiger partial charge on any atom is 0.109 e. The summed E-state index contributed by atoms with van der Waals surface area (Å²) in [6.45, 7) is 3.35. The van der Waals surface area contributed by atoms with Crippen molar-refractivity contribution in [1.82, 2.24) is 14.9 Å². The second kappa shape index (κ2) is 3.50. The summed E-state index contributed by atoms with van der Waals surface area (Å²) in [5.41, 5.74) is 0. The average molecular weight is 179 g/mol. The maximum absolute atomic E-state index is 4.28. The fraction of sp³-hybridized carbons (Fsp3) is 0.700. The zero-order chi connectivity index (χ0) is 9.26. The van der Waals surface area contributed by atoms with E-state index in [1.54, 1.807) is 0 Å². The van der Waals surface area contributed by atoms with Crippen LogP contribution in [0.1, 0.15) is 19.2 Å². The Morgan fingerprint density at radius 1 is 1.69 bits per heavy atom. The molecule has 0 spiro atoms. The molecule has 1 aromatic rings. The molecular formula is C10H17N3. The van der Waals surface area contributed by atoms with E-state index in [9.17, 15) is 0 Å². The highest BCUT2D eigenvalue weighted by Crippen LogP contribution is 2.28. The van der Waals surface area contributed by atoms with Crippen molar-refractivity contribution >= 4 is 0 Å². The van der Waals surface area contributed by atoms with Crippen LogP contribution in [0.5, 0.6) is 0 Å². The highest BCUT2D eigenvalue weighted by molar-refractivity contribution is 4.94. The van der Waals surface area contributed by atoms with Crippen molar-refractivity contribution in [1.29, 1.82) is 0 Å². The van der Waals surface area contributed by atoms with Gasteiger partial charge in [-0.15, -0.1) is 0 Å². The van der Waals surface area contributed by atoms with Gasteiger partial charge >= 0.3 is 0 Å². The van der Waals surface area contributed by atoms with E-state index in [0.717, 1.165) is 24.9 Å². The molecule has 1 N–H and O–H groups in total. The monoisotopic (exact) mass is 179 g/mol. The van der Waals surface area contributed by atoms with Gasteiger partial charge in [-0.2, -0.15) is 0 Å². The van der Waals surface area contributed by atoms with Gasteiger partial charge in [0.15, 0.2) is 0 Å². The topological polar surface area (TPSA) is 29.9 Å². The number of aromatic nitrogens is 2. The van der Waals surface area contributed by atoms with Crippen molar-refractivity contribution in [2.45, 2.75) is 25.8 Å². The molecule has 0 aliphatic heterocycles. The van der Waals surface area contributed by atoms with Crippen LogP contribution in [0.3, 0.4) is 0 Å². The van der Waals surface area contributed by atoms with Gasteiger partial charge in [-0.1, -0.05) is 6.92 Å². The summed E-state index contributed by atoms with van der Waals surface area (Å²) in [6.07, 6.45) is 6.23. The van der Waals surface area contributed by atoms with Crippen molar-refractivity contribution in [2.24, 2.45) is 13.0 Å². The molecule has 3 nitrogen and oxygen atoms in total. The quantitative estimate of drug-likeness (QED) is 0.746. The van der Waals surface area contributed by atoms with Crippen LogP contribution < -0.4 is 5.32 Å². The Hall–Kier alpha value is -0.830. The predicted molar refractivity (Wildman–Crippen MR) is 52.5 cm³/mol. The normalized spacial score (nSPS) is 26.3. The van der Waals surface area contributed by atoms with Gasteiger partial charge in [-0.3, -0.25) is 0 Å². The first-order valence-electron chi connectivity index (χ1n) is 4.97. The standard InChI is InChI=1S/C10H17N3/c1-8-7-9(8)11-4-3-10-12-5-6-13(10)2/h5-6,8-9,11H,3-4,7H2,1-2H3. The molecule has 1 aliphatic carbocycles. The molecule has 1 aromatic heterocycles. The minimum atomic E-state index is 0.778. The van der Waals surface area contributed by atoms with Crippen LogP contribution in [0.15, 0.2) is 12.4 Å². The lowest BCUT2D eigenvalue weighted by Crippen LogP contribution is -2.21. The molecule has 13 heavy (non-hydrogen) atoms. The molecule has 3 heteroatoms. The molecule has 2 unspecified atom stereocenters. The summed E-state index contributed by atoms with van der Waals surface area (Å²) in [7, 11) is 2.04. The Morgan fingerprint density at radius 3 is 3.00 bits per heavy atom. The summed E-state index contributed by atoms with van der Waals surface area (Å²) in [5, 5.41) is 3.52. The van der Waals surface area contributed by atoms with E-state index in [1.807, 2.05) is 19.4 Å². The van der Waals surface area contributed by atoms with E-state index in [2.05, 4.69) is 21.8 Å². The largest absolute Gasteiger partial charge is 0.338 e. The van der Waals surface area contributed by atoms with Gasteiger partial charge in [0.25, 0.3) is 0 Å². The Kier molecular flexibility index (Phi) is 2.36. The molecule has 72 valence electrons. The van der Waals surface area contributed by atoms with Gasteiger partial charge < -0.3 is 9.88 Å². The number of nitrogens with zero attached hydrogens (tertiary/aromatic N) is 2. The molecule has 2 atom stereocenters. The Morgan fingerprint density at radius 2 is 2.46 bits per heavy atom. The number of aryl methyl sites for hydroxylation is 1. The van der Waals surface area contributed by atoms with Gasteiger partial charge in [0.1, 0.15) is 5.82 Å². The highest BCUT2D eigenvalue weighted by Gasteiger charge is 2.31. The Labute approximate surface area is 79.2 Å².